The summed E-state index contributed by atoms with van der Waals surface area (Å²) >= 11 is 12.1. The normalized spacial score (nSPS) is 15.4. The van der Waals surface area contributed by atoms with E-state index in [-0.39, 0.29) is 17.6 Å². The molecule has 1 amide bonds. The van der Waals surface area contributed by atoms with Crippen LogP contribution in [-0.4, -0.2) is 16.3 Å². The van der Waals surface area contributed by atoms with Gasteiger partial charge in [-0.2, -0.15) is 0 Å². The summed E-state index contributed by atoms with van der Waals surface area (Å²) in [6, 6.07) is 17.7. The molecule has 0 saturated carbocycles. The standard InChI is InChI=1S/C21H16Cl2N2O2/c22-14-6-7-16(23)17(12-14)24-21(27)15-10-11-25-18(15)8-9-19(25)20(26)13-4-2-1-3-5-13/h1-9,12,15H,10-11H2,(H,24,27)/t15-/m1/s1. The maximum atomic E-state index is 12.8. The number of benzene rings is 2. The predicted octanol–water partition coefficient (Wildman–Crippen LogP) is 5.15. The van der Waals surface area contributed by atoms with Crippen LogP contribution in [0.5, 0.6) is 0 Å². The van der Waals surface area contributed by atoms with Crippen LogP contribution in [0, 0.1) is 0 Å². The zero-order chi connectivity index (χ0) is 19.0. The highest BCUT2D eigenvalue weighted by Crippen LogP contribution is 2.33. The second kappa shape index (κ2) is 7.22. The number of halogens is 2. The largest absolute Gasteiger partial charge is 0.341 e. The molecule has 1 aliphatic heterocycles. The molecular formula is C21H16Cl2N2O2. The molecule has 0 radical (unpaired) electrons. The topological polar surface area (TPSA) is 51.1 Å². The Morgan fingerprint density at radius 3 is 2.56 bits per heavy atom. The minimum atomic E-state index is -0.336. The molecule has 27 heavy (non-hydrogen) atoms. The number of ketones is 1. The molecule has 0 saturated heterocycles. The summed E-state index contributed by atoms with van der Waals surface area (Å²) in [7, 11) is 0. The first-order valence-electron chi connectivity index (χ1n) is 8.59. The molecule has 4 rings (SSSR count). The van der Waals surface area contributed by atoms with Gasteiger partial charge in [-0.25, -0.2) is 0 Å². The van der Waals surface area contributed by atoms with E-state index in [1.54, 1.807) is 36.4 Å². The Morgan fingerprint density at radius 1 is 1.00 bits per heavy atom. The lowest BCUT2D eigenvalue weighted by atomic mass is 10.0. The van der Waals surface area contributed by atoms with Crippen LogP contribution in [0.4, 0.5) is 5.69 Å². The molecule has 0 spiro atoms. The lowest BCUT2D eigenvalue weighted by Crippen LogP contribution is -2.19. The number of anilines is 1. The SMILES string of the molecule is O=C(c1ccccc1)c1ccc2n1CC[C@H]2C(=O)Nc1cc(Cl)ccc1Cl. The Bertz CT molecular complexity index is 1030. The highest BCUT2D eigenvalue weighted by Gasteiger charge is 2.32. The number of carbonyl (C=O) groups is 2. The van der Waals surface area contributed by atoms with Crippen LogP contribution in [0.3, 0.4) is 0 Å². The van der Waals surface area contributed by atoms with Gasteiger partial charge in [-0.3, -0.25) is 9.59 Å². The van der Waals surface area contributed by atoms with Crippen LogP contribution in [0.25, 0.3) is 0 Å². The van der Waals surface area contributed by atoms with Crippen LogP contribution in [0.1, 0.15) is 34.1 Å². The van der Waals surface area contributed by atoms with Crippen molar-refractivity contribution in [2.75, 3.05) is 5.32 Å². The predicted molar refractivity (Wildman–Crippen MR) is 107 cm³/mol. The third-order valence-electron chi connectivity index (χ3n) is 4.78. The molecule has 1 N–H and O–H groups in total. The molecule has 136 valence electrons. The van der Waals surface area contributed by atoms with E-state index in [2.05, 4.69) is 5.32 Å². The summed E-state index contributed by atoms with van der Waals surface area (Å²) in [5.41, 5.74) is 2.56. The maximum absolute atomic E-state index is 12.8. The van der Waals surface area contributed by atoms with Crippen molar-refractivity contribution in [3.8, 4) is 0 Å². The van der Waals surface area contributed by atoms with Crippen LogP contribution in [0.2, 0.25) is 10.0 Å². The molecular weight excluding hydrogens is 383 g/mol. The number of amides is 1. The van der Waals surface area contributed by atoms with Crippen molar-refractivity contribution in [2.45, 2.75) is 18.9 Å². The highest BCUT2D eigenvalue weighted by atomic mass is 35.5. The Kier molecular flexibility index (Phi) is 4.77. The van der Waals surface area contributed by atoms with Gasteiger partial charge in [0, 0.05) is 22.8 Å². The van der Waals surface area contributed by atoms with Gasteiger partial charge in [-0.1, -0.05) is 53.5 Å². The zero-order valence-corrected chi connectivity index (χ0v) is 15.8. The molecule has 1 aromatic heterocycles. The second-order valence-electron chi connectivity index (χ2n) is 6.44. The fourth-order valence-electron chi connectivity index (χ4n) is 3.46. The number of hydrogen-bond acceptors (Lipinski definition) is 2. The van der Waals surface area contributed by atoms with Gasteiger partial charge in [0.05, 0.1) is 22.3 Å². The van der Waals surface area contributed by atoms with E-state index in [1.165, 1.54) is 0 Å². The van der Waals surface area contributed by atoms with E-state index >= 15 is 0 Å². The fourth-order valence-corrected chi connectivity index (χ4v) is 3.79. The number of aromatic nitrogens is 1. The van der Waals surface area contributed by atoms with Crippen molar-refractivity contribution in [1.82, 2.24) is 4.57 Å². The average Bonchev–Trinajstić information content (AvgIpc) is 3.27. The summed E-state index contributed by atoms with van der Waals surface area (Å²) in [5.74, 6) is -0.534. The fraction of sp³-hybridized carbons (Fsp3) is 0.143. The molecule has 0 aliphatic carbocycles. The maximum Gasteiger partial charge on any atom is 0.233 e. The highest BCUT2D eigenvalue weighted by molar-refractivity contribution is 6.35. The molecule has 1 atom stereocenters. The number of carbonyl (C=O) groups excluding carboxylic acids is 2. The molecule has 0 bridgehead atoms. The summed E-state index contributed by atoms with van der Waals surface area (Å²) < 4.78 is 1.93. The van der Waals surface area contributed by atoms with Crippen LogP contribution < -0.4 is 5.32 Å². The van der Waals surface area contributed by atoms with Crippen LogP contribution >= 0.6 is 23.2 Å². The van der Waals surface area contributed by atoms with E-state index in [0.29, 0.717) is 40.0 Å². The Balaban J connectivity index is 1.58. The number of nitrogens with zero attached hydrogens (tertiary/aromatic N) is 1. The van der Waals surface area contributed by atoms with Crippen molar-refractivity contribution < 1.29 is 9.59 Å². The van der Waals surface area contributed by atoms with E-state index in [9.17, 15) is 9.59 Å². The summed E-state index contributed by atoms with van der Waals surface area (Å²) in [6.45, 7) is 0.623. The molecule has 6 heteroatoms. The van der Waals surface area contributed by atoms with E-state index in [1.807, 2.05) is 28.8 Å². The number of fused-ring (bicyclic) bond motifs is 1. The quantitative estimate of drug-likeness (QED) is 0.617. The van der Waals surface area contributed by atoms with Crippen molar-refractivity contribution in [1.29, 1.82) is 0 Å². The third-order valence-corrected chi connectivity index (χ3v) is 5.35. The molecule has 3 aromatic rings. The van der Waals surface area contributed by atoms with Gasteiger partial charge in [0.25, 0.3) is 0 Å². The summed E-state index contributed by atoms with van der Waals surface area (Å²) in [5, 5.41) is 3.78. The summed E-state index contributed by atoms with van der Waals surface area (Å²) in [6.07, 6.45) is 0.634. The van der Waals surface area contributed by atoms with Gasteiger partial charge >= 0.3 is 0 Å². The van der Waals surface area contributed by atoms with Gasteiger partial charge in [0.2, 0.25) is 11.7 Å². The first kappa shape index (κ1) is 17.8. The Hall–Kier alpha value is -2.56. The van der Waals surface area contributed by atoms with E-state index in [4.69, 9.17) is 23.2 Å². The van der Waals surface area contributed by atoms with Crippen molar-refractivity contribution in [2.24, 2.45) is 0 Å². The zero-order valence-electron chi connectivity index (χ0n) is 14.3. The Morgan fingerprint density at radius 2 is 1.78 bits per heavy atom. The van der Waals surface area contributed by atoms with E-state index < -0.39 is 0 Å². The summed E-state index contributed by atoms with van der Waals surface area (Å²) in [4.78, 5) is 25.5. The Labute approximate surface area is 166 Å². The third kappa shape index (κ3) is 3.38. The van der Waals surface area contributed by atoms with Crippen molar-refractivity contribution >= 4 is 40.6 Å². The number of hydrogen-bond donors (Lipinski definition) is 1. The average molecular weight is 399 g/mol. The lowest BCUT2D eigenvalue weighted by Gasteiger charge is -2.12. The smallest absolute Gasteiger partial charge is 0.233 e. The molecule has 0 unspecified atom stereocenters. The van der Waals surface area contributed by atoms with Crippen molar-refractivity contribution in [3.63, 3.8) is 0 Å². The minimum Gasteiger partial charge on any atom is -0.341 e. The molecule has 1 aliphatic rings. The monoisotopic (exact) mass is 398 g/mol. The second-order valence-corrected chi connectivity index (χ2v) is 7.29. The van der Waals surface area contributed by atoms with Gasteiger partial charge in [-0.15, -0.1) is 0 Å². The van der Waals surface area contributed by atoms with Crippen LogP contribution in [0.15, 0.2) is 60.7 Å². The van der Waals surface area contributed by atoms with Gasteiger partial charge in [0.1, 0.15) is 0 Å². The number of nitrogens with one attached hydrogen (secondary N) is 1. The number of rotatable bonds is 4. The lowest BCUT2D eigenvalue weighted by molar-refractivity contribution is -0.117. The van der Waals surface area contributed by atoms with Gasteiger partial charge in [0.15, 0.2) is 0 Å². The molecule has 4 nitrogen and oxygen atoms in total. The minimum absolute atomic E-state index is 0.0409. The first-order chi connectivity index (χ1) is 13.0. The van der Waals surface area contributed by atoms with Gasteiger partial charge < -0.3 is 9.88 Å². The van der Waals surface area contributed by atoms with Gasteiger partial charge in [-0.05, 0) is 36.8 Å². The first-order valence-corrected chi connectivity index (χ1v) is 9.35. The molecule has 2 heterocycles. The van der Waals surface area contributed by atoms with Crippen LogP contribution in [-0.2, 0) is 11.3 Å². The van der Waals surface area contributed by atoms with E-state index in [0.717, 1.165) is 5.69 Å². The molecule has 0 fully saturated rings. The van der Waals surface area contributed by atoms with Crippen molar-refractivity contribution in [3.05, 3.63) is 87.7 Å². The molecule has 2 aromatic carbocycles.